The molecule has 2 fully saturated rings. The lowest BCUT2D eigenvalue weighted by Crippen LogP contribution is -2.49. The molecule has 3 aromatic rings. The van der Waals surface area contributed by atoms with Crippen molar-refractivity contribution in [1.29, 1.82) is 0 Å². The molecule has 0 spiro atoms. The number of hydrogen-bond acceptors (Lipinski definition) is 8. The molecule has 0 radical (unpaired) electrons. The third-order valence-corrected chi connectivity index (χ3v) is 6.40. The van der Waals surface area contributed by atoms with E-state index in [1.54, 1.807) is 40.9 Å². The van der Waals surface area contributed by atoms with Gasteiger partial charge in [0.15, 0.2) is 5.65 Å². The molecule has 9 nitrogen and oxygen atoms in total. The summed E-state index contributed by atoms with van der Waals surface area (Å²) in [4.78, 5) is 29.9. The van der Waals surface area contributed by atoms with Crippen LogP contribution in [0.25, 0.3) is 22.4 Å². The summed E-state index contributed by atoms with van der Waals surface area (Å²) in [6, 6.07) is 6.91. The number of aliphatic hydroxyl groups is 2. The number of aromatic amines is 1. The van der Waals surface area contributed by atoms with Crippen LogP contribution in [-0.4, -0.2) is 65.6 Å². The van der Waals surface area contributed by atoms with Crippen molar-refractivity contribution in [3.05, 3.63) is 36.2 Å². The molecule has 10 heteroatoms. The predicted octanol–water partition coefficient (Wildman–Crippen LogP) is 1.51. The number of imidazole rings is 1. The van der Waals surface area contributed by atoms with Crippen molar-refractivity contribution in [1.82, 2.24) is 24.8 Å². The van der Waals surface area contributed by atoms with Gasteiger partial charge in [-0.2, -0.15) is 16.7 Å². The maximum atomic E-state index is 12.1. The molecule has 1 amide bonds. The van der Waals surface area contributed by atoms with Gasteiger partial charge in [-0.1, -0.05) is 24.3 Å². The summed E-state index contributed by atoms with van der Waals surface area (Å²) in [6.07, 6.45) is 3.32. The average Bonchev–Trinajstić information content (AvgIpc) is 3.52. The first kappa shape index (κ1) is 19.4. The first-order valence-corrected chi connectivity index (χ1v) is 11.1. The largest absolute Gasteiger partial charge is 0.349 e. The molecule has 1 saturated carbocycles. The zero-order chi connectivity index (χ0) is 20.7. The number of H-pyrrole nitrogens is 1. The number of hydrogen-bond donors (Lipinski definition) is 4. The van der Waals surface area contributed by atoms with Crippen LogP contribution >= 0.6 is 11.8 Å². The van der Waals surface area contributed by atoms with Crippen molar-refractivity contribution in [2.24, 2.45) is 5.92 Å². The Bertz CT molecular complexity index is 1070. The maximum Gasteiger partial charge on any atom is 0.253 e. The van der Waals surface area contributed by atoms with E-state index in [4.69, 9.17) is 0 Å². The second-order valence-electron chi connectivity index (χ2n) is 7.57. The van der Waals surface area contributed by atoms with Crippen molar-refractivity contribution >= 4 is 34.8 Å². The third-order valence-electron chi connectivity index (χ3n) is 5.46. The Balaban J connectivity index is 1.46. The molecule has 1 aliphatic heterocycles. The Morgan fingerprint density at radius 3 is 2.60 bits per heavy atom. The lowest BCUT2D eigenvalue weighted by Gasteiger charge is -2.37. The highest BCUT2D eigenvalue weighted by molar-refractivity contribution is 7.99. The Kier molecular flexibility index (Phi) is 4.94. The topological polar surface area (TPSA) is 127 Å². The number of carbonyl (C=O) groups is 1. The number of amides is 1. The van der Waals surface area contributed by atoms with Crippen LogP contribution in [0, 0.1) is 5.92 Å². The Morgan fingerprint density at radius 1 is 1.17 bits per heavy atom. The van der Waals surface area contributed by atoms with Gasteiger partial charge in [0, 0.05) is 41.6 Å². The molecule has 2 aromatic heterocycles. The van der Waals surface area contributed by atoms with Crippen LogP contribution in [-0.2, 0) is 10.7 Å². The number of nitrogens with zero attached hydrogens (tertiary/aromatic N) is 4. The molecule has 1 aromatic carbocycles. The summed E-state index contributed by atoms with van der Waals surface area (Å²) in [5.74, 6) is -0.0736. The van der Waals surface area contributed by atoms with E-state index in [1.165, 1.54) is 6.33 Å². The molecule has 0 atom stereocenters. The summed E-state index contributed by atoms with van der Waals surface area (Å²) in [5.41, 5.74) is 2.81. The van der Waals surface area contributed by atoms with Crippen molar-refractivity contribution in [2.45, 2.75) is 18.8 Å². The monoisotopic (exact) mass is 426 g/mol. The number of aromatic nitrogens is 4. The zero-order valence-electron chi connectivity index (χ0n) is 16.2. The second kappa shape index (κ2) is 7.62. The number of carbonyl (C=O) groups excluding carboxylic acids is 1. The van der Waals surface area contributed by atoms with Crippen molar-refractivity contribution < 1.29 is 15.0 Å². The van der Waals surface area contributed by atoms with Gasteiger partial charge in [-0.05, 0) is 12.8 Å². The van der Waals surface area contributed by atoms with Crippen LogP contribution in [0.4, 0.5) is 5.95 Å². The highest BCUT2D eigenvalue weighted by Gasteiger charge is 2.35. The van der Waals surface area contributed by atoms with Gasteiger partial charge < -0.3 is 15.2 Å². The van der Waals surface area contributed by atoms with E-state index in [2.05, 4.69) is 25.3 Å². The van der Waals surface area contributed by atoms with E-state index in [0.29, 0.717) is 35.5 Å². The van der Waals surface area contributed by atoms with E-state index >= 15 is 0 Å². The van der Waals surface area contributed by atoms with Crippen LogP contribution in [0.2, 0.25) is 0 Å². The quantitative estimate of drug-likeness (QED) is 0.452. The molecule has 1 saturated heterocycles. The lowest BCUT2D eigenvalue weighted by atomic mass is 10.1. The molecule has 4 N–H and O–H groups in total. The normalized spacial score (nSPS) is 17.9. The van der Waals surface area contributed by atoms with Gasteiger partial charge in [0.2, 0.25) is 11.9 Å². The summed E-state index contributed by atoms with van der Waals surface area (Å²) in [5, 5.41) is 24.2. The summed E-state index contributed by atoms with van der Waals surface area (Å²) in [7, 11) is 0. The lowest BCUT2D eigenvalue weighted by molar-refractivity contribution is -0.273. The van der Waals surface area contributed by atoms with E-state index in [-0.39, 0.29) is 17.8 Å². The summed E-state index contributed by atoms with van der Waals surface area (Å²) < 4.78 is 0. The first-order valence-electron chi connectivity index (χ1n) is 9.93. The number of benzene rings is 1. The molecule has 2 aliphatic rings. The third kappa shape index (κ3) is 3.67. The molecule has 1 aliphatic carbocycles. The van der Waals surface area contributed by atoms with E-state index in [9.17, 15) is 15.0 Å². The minimum atomic E-state index is -2.02. The number of fused-ring (bicyclic) bond motifs is 1. The Labute approximate surface area is 176 Å². The number of thioether (sulfide) groups is 1. The molecule has 0 unspecified atom stereocenters. The summed E-state index contributed by atoms with van der Waals surface area (Å²) in [6.45, 7) is 1.23. The molecule has 30 heavy (non-hydrogen) atoms. The van der Waals surface area contributed by atoms with Gasteiger partial charge in [-0.25, -0.2) is 14.9 Å². The molecule has 0 bridgehead atoms. The zero-order valence-corrected chi connectivity index (χ0v) is 17.0. The highest BCUT2D eigenvalue weighted by Crippen LogP contribution is 2.32. The van der Waals surface area contributed by atoms with Crippen molar-refractivity contribution in [3.8, 4) is 11.3 Å². The minimum absolute atomic E-state index is 0.0456. The number of rotatable bonds is 5. The molecular formula is C20H22N6O3S. The first-order chi connectivity index (χ1) is 14.5. The predicted molar refractivity (Wildman–Crippen MR) is 113 cm³/mol. The van der Waals surface area contributed by atoms with Gasteiger partial charge >= 0.3 is 0 Å². The van der Waals surface area contributed by atoms with Crippen LogP contribution in [0.5, 0.6) is 0 Å². The molecule has 5 rings (SSSR count). The van der Waals surface area contributed by atoms with E-state index in [0.717, 1.165) is 29.9 Å². The van der Waals surface area contributed by atoms with Gasteiger partial charge in [-0.15, -0.1) is 0 Å². The number of anilines is 1. The average molecular weight is 427 g/mol. The van der Waals surface area contributed by atoms with Crippen LogP contribution < -0.4 is 5.32 Å². The standard InChI is InChI=1S/C20H22N6O3S/c27-18(13-1-2-13)25-19-23-15(16-17(24-19)22-11-21-16)12-3-5-14(6-4-12)20(28,29)26-7-9-30-10-8-26/h3-6,11,13,28-29H,1-2,7-10H2,(H2,21,22,23,24,25,27). The van der Waals surface area contributed by atoms with E-state index in [1.807, 2.05) is 0 Å². The van der Waals surface area contributed by atoms with Gasteiger partial charge in [0.05, 0.1) is 6.33 Å². The minimum Gasteiger partial charge on any atom is -0.349 e. The SMILES string of the molecule is O=C(Nc1nc(-c2ccc(C(O)(O)N3CCSCC3)cc2)c2nc[nH]c2n1)C1CC1. The van der Waals surface area contributed by atoms with Crippen LogP contribution in [0.15, 0.2) is 30.6 Å². The van der Waals surface area contributed by atoms with Gasteiger partial charge in [0.1, 0.15) is 11.2 Å². The van der Waals surface area contributed by atoms with E-state index < -0.39 is 5.91 Å². The second-order valence-corrected chi connectivity index (χ2v) is 8.80. The van der Waals surface area contributed by atoms with Gasteiger partial charge in [0.25, 0.3) is 5.91 Å². The van der Waals surface area contributed by atoms with Crippen molar-refractivity contribution in [3.63, 3.8) is 0 Å². The fourth-order valence-electron chi connectivity index (χ4n) is 3.56. The van der Waals surface area contributed by atoms with Crippen LogP contribution in [0.1, 0.15) is 18.4 Å². The maximum absolute atomic E-state index is 12.1. The summed E-state index contributed by atoms with van der Waals surface area (Å²) >= 11 is 1.80. The fraction of sp³-hybridized carbons (Fsp3) is 0.400. The Morgan fingerprint density at radius 2 is 1.90 bits per heavy atom. The van der Waals surface area contributed by atoms with Gasteiger partial charge in [-0.3, -0.25) is 10.1 Å². The molecule has 3 heterocycles. The molecule has 156 valence electrons. The number of nitrogens with one attached hydrogen (secondary N) is 2. The fourth-order valence-corrected chi connectivity index (χ4v) is 4.46. The Hall–Kier alpha value is -2.53. The van der Waals surface area contributed by atoms with Crippen LogP contribution in [0.3, 0.4) is 0 Å². The molecular weight excluding hydrogens is 404 g/mol. The van der Waals surface area contributed by atoms with Crippen molar-refractivity contribution in [2.75, 3.05) is 29.9 Å². The highest BCUT2D eigenvalue weighted by atomic mass is 32.2. The smallest absolute Gasteiger partial charge is 0.253 e.